The van der Waals surface area contributed by atoms with Crippen LogP contribution in [0.25, 0.3) is 0 Å². The fraction of sp³-hybridized carbons (Fsp3) is 0.483. The zero-order valence-corrected chi connectivity index (χ0v) is 46.1. The van der Waals surface area contributed by atoms with Crippen molar-refractivity contribution in [1.82, 2.24) is 31.9 Å². The lowest BCUT2D eigenvalue weighted by Crippen LogP contribution is -2.60. The molecule has 6 atom stereocenters. The summed E-state index contributed by atoms with van der Waals surface area (Å²) < 4.78 is 11.3. The molecule has 0 aliphatic heterocycles. The Hall–Kier alpha value is -7.03. The van der Waals surface area contributed by atoms with Gasteiger partial charge in [0.15, 0.2) is 0 Å². The van der Waals surface area contributed by atoms with E-state index in [4.69, 9.17) is 9.47 Å². The molecule has 0 saturated carbocycles. The van der Waals surface area contributed by atoms with Crippen LogP contribution in [0.2, 0.25) is 0 Å². The van der Waals surface area contributed by atoms with E-state index < -0.39 is 99.7 Å². The third-order valence-corrected chi connectivity index (χ3v) is 12.9. The van der Waals surface area contributed by atoms with Gasteiger partial charge in [0.05, 0.1) is 35.9 Å². The van der Waals surface area contributed by atoms with Crippen molar-refractivity contribution in [3.05, 3.63) is 144 Å². The summed E-state index contributed by atoms with van der Waals surface area (Å²) in [5.41, 5.74) is -2.53. The van der Waals surface area contributed by atoms with Gasteiger partial charge in [0.25, 0.3) is 0 Å². The van der Waals surface area contributed by atoms with E-state index in [0.717, 1.165) is 5.56 Å². The van der Waals surface area contributed by atoms with Crippen LogP contribution >= 0.6 is 0 Å². The lowest BCUT2D eigenvalue weighted by Gasteiger charge is -2.36. The van der Waals surface area contributed by atoms with Crippen molar-refractivity contribution in [2.24, 2.45) is 17.8 Å². The second kappa shape index (κ2) is 27.5. The minimum Gasteiger partial charge on any atom is -0.461 e. The summed E-state index contributed by atoms with van der Waals surface area (Å²) in [7, 11) is 0. The highest BCUT2D eigenvalue weighted by molar-refractivity contribution is 5.95. The standard InChI is InChI=1S/C60H82N6O9/c1-13-28-44(50(67)65-59(9,10)54(71)63-49(43-37-26-19-27-38-43)46(30-15-3)52(69)74-39-40-31-20-16-21-32-40)47(41-33-22-17-23-34-41)61-53(70)58(7,8)64-51(68)45(29-14-2)48(42-35-24-18-25-36-42)62-55(72)60(11,12)66-56(73)75-57(4,5)6/h16-27,31-38,44-49H,13-15,28-30,39H2,1-12H3,(H,61,70)(H,62,72)(H,63,71)(H,64,68)(H,65,67)(H,66,73)/t44-,45-,46-,47+,48+,49+/m1/s1. The van der Waals surface area contributed by atoms with Gasteiger partial charge in [0.2, 0.25) is 29.5 Å². The molecule has 0 spiro atoms. The Morgan fingerprint density at radius 3 is 1.07 bits per heavy atom. The van der Waals surface area contributed by atoms with Crippen molar-refractivity contribution in [1.29, 1.82) is 0 Å². The van der Waals surface area contributed by atoms with E-state index in [-0.39, 0.29) is 6.61 Å². The molecule has 0 aliphatic rings. The van der Waals surface area contributed by atoms with Gasteiger partial charge in [-0.1, -0.05) is 161 Å². The average molecular weight is 1030 g/mol. The molecular formula is C60H82N6O9. The Labute approximate surface area is 444 Å². The van der Waals surface area contributed by atoms with Crippen LogP contribution in [0.3, 0.4) is 0 Å². The molecule has 0 fully saturated rings. The number of carbonyl (C=O) groups excluding carboxylic acids is 7. The molecule has 0 heterocycles. The summed E-state index contributed by atoms with van der Waals surface area (Å²) in [6.45, 7) is 20.4. The minimum absolute atomic E-state index is 0.0722. The number of rotatable bonds is 26. The van der Waals surface area contributed by atoms with Gasteiger partial charge < -0.3 is 41.4 Å². The smallest absolute Gasteiger partial charge is 0.408 e. The summed E-state index contributed by atoms with van der Waals surface area (Å²) in [6.07, 6.45) is 2.00. The second-order valence-corrected chi connectivity index (χ2v) is 21.8. The molecule has 0 aliphatic carbocycles. The van der Waals surface area contributed by atoms with Gasteiger partial charge in [-0.15, -0.1) is 0 Å². The number of nitrogens with one attached hydrogen (secondary N) is 6. The molecule has 6 N–H and O–H groups in total. The first-order valence-electron chi connectivity index (χ1n) is 26.3. The largest absolute Gasteiger partial charge is 0.461 e. The van der Waals surface area contributed by atoms with Gasteiger partial charge in [-0.25, -0.2) is 4.79 Å². The maximum Gasteiger partial charge on any atom is 0.408 e. The van der Waals surface area contributed by atoms with Gasteiger partial charge in [-0.2, -0.15) is 0 Å². The first-order chi connectivity index (χ1) is 35.3. The number of amides is 6. The zero-order valence-electron chi connectivity index (χ0n) is 46.1. The minimum atomic E-state index is -1.56. The molecule has 0 bridgehead atoms. The predicted octanol–water partition coefficient (Wildman–Crippen LogP) is 9.64. The maximum absolute atomic E-state index is 14.8. The van der Waals surface area contributed by atoms with Crippen LogP contribution in [-0.2, 0) is 44.8 Å². The molecule has 4 aromatic carbocycles. The number of hydrogen-bond acceptors (Lipinski definition) is 9. The maximum atomic E-state index is 14.8. The summed E-state index contributed by atoms with van der Waals surface area (Å²) >= 11 is 0. The molecule has 15 nitrogen and oxygen atoms in total. The highest BCUT2D eigenvalue weighted by atomic mass is 16.6. The first-order valence-corrected chi connectivity index (χ1v) is 26.3. The van der Waals surface area contributed by atoms with Gasteiger partial charge in [-0.05, 0) is 104 Å². The van der Waals surface area contributed by atoms with Gasteiger partial charge in [-0.3, -0.25) is 28.8 Å². The van der Waals surface area contributed by atoms with E-state index in [1.165, 1.54) is 0 Å². The van der Waals surface area contributed by atoms with Crippen molar-refractivity contribution in [2.75, 3.05) is 0 Å². The topological polar surface area (TPSA) is 210 Å². The predicted molar refractivity (Wildman–Crippen MR) is 291 cm³/mol. The second-order valence-electron chi connectivity index (χ2n) is 21.8. The molecule has 4 rings (SSSR count). The third-order valence-electron chi connectivity index (χ3n) is 12.9. The molecule has 406 valence electrons. The van der Waals surface area contributed by atoms with Crippen LogP contribution < -0.4 is 31.9 Å². The van der Waals surface area contributed by atoms with Gasteiger partial charge in [0.1, 0.15) is 28.8 Å². The Morgan fingerprint density at radius 2 is 0.733 bits per heavy atom. The monoisotopic (exact) mass is 1030 g/mol. The van der Waals surface area contributed by atoms with E-state index in [0.29, 0.717) is 55.2 Å². The summed E-state index contributed by atoms with van der Waals surface area (Å²) in [5, 5.41) is 17.8. The highest BCUT2D eigenvalue weighted by Gasteiger charge is 2.43. The van der Waals surface area contributed by atoms with Crippen LogP contribution in [0, 0.1) is 17.8 Å². The molecule has 0 saturated heterocycles. The summed E-state index contributed by atoms with van der Waals surface area (Å²) in [4.78, 5) is 99.4. The quantitative estimate of drug-likeness (QED) is 0.0330. The first kappa shape index (κ1) is 60.5. The van der Waals surface area contributed by atoms with E-state index in [2.05, 4.69) is 31.9 Å². The number of esters is 1. The van der Waals surface area contributed by atoms with E-state index >= 15 is 0 Å². The fourth-order valence-corrected chi connectivity index (χ4v) is 8.81. The van der Waals surface area contributed by atoms with Gasteiger partial charge in [0, 0.05) is 0 Å². The number of ether oxygens (including phenoxy) is 2. The number of hydrogen-bond donors (Lipinski definition) is 6. The van der Waals surface area contributed by atoms with Crippen LogP contribution in [0.15, 0.2) is 121 Å². The van der Waals surface area contributed by atoms with Crippen LogP contribution in [0.5, 0.6) is 0 Å². The molecule has 15 heteroatoms. The van der Waals surface area contributed by atoms with Crippen molar-refractivity contribution in [3.8, 4) is 0 Å². The van der Waals surface area contributed by atoms with Crippen molar-refractivity contribution in [3.63, 3.8) is 0 Å². The lowest BCUT2D eigenvalue weighted by atomic mass is 9.85. The molecule has 4 aromatic rings. The van der Waals surface area contributed by atoms with Crippen molar-refractivity contribution in [2.45, 2.75) is 169 Å². The van der Waals surface area contributed by atoms with Crippen molar-refractivity contribution >= 4 is 41.6 Å². The summed E-state index contributed by atoms with van der Waals surface area (Å²) in [6, 6.07) is 34.1. The molecule has 0 unspecified atom stereocenters. The molecule has 0 aromatic heterocycles. The summed E-state index contributed by atoms with van der Waals surface area (Å²) in [5.74, 6) is -5.65. The van der Waals surface area contributed by atoms with Crippen LogP contribution in [0.4, 0.5) is 4.79 Å². The number of benzene rings is 4. The Bertz CT molecular complexity index is 2490. The average Bonchev–Trinajstić information content (AvgIpc) is 3.36. The highest BCUT2D eigenvalue weighted by Crippen LogP contribution is 2.32. The number of carbonyl (C=O) groups is 7. The van der Waals surface area contributed by atoms with Crippen molar-refractivity contribution < 1.29 is 43.0 Å². The fourth-order valence-electron chi connectivity index (χ4n) is 8.81. The van der Waals surface area contributed by atoms with E-state index in [9.17, 15) is 33.6 Å². The molecule has 75 heavy (non-hydrogen) atoms. The molecule has 0 radical (unpaired) electrons. The lowest BCUT2D eigenvalue weighted by molar-refractivity contribution is -0.152. The SMILES string of the molecule is CCC[C@@H](C(=O)NC(C)(C)C(=O)N[C@@H](c1ccccc1)[C@@H](CCC)C(=O)NC(C)(C)C(=O)N[C@@H](c1ccccc1)[C@@H](CCC)C(=O)OCc1ccccc1)[C@@H](NC(=O)C(C)(C)NC(=O)OC(C)(C)C)c1ccccc1. The Kier molecular flexibility index (Phi) is 22.2. The number of alkyl carbamates (subject to hydrolysis) is 1. The normalized spacial score (nSPS) is 14.3. The van der Waals surface area contributed by atoms with E-state index in [1.807, 2.05) is 106 Å². The molecular weight excluding hydrogens is 949 g/mol. The van der Waals surface area contributed by atoms with Gasteiger partial charge >= 0.3 is 12.1 Å². The zero-order chi connectivity index (χ0) is 55.6. The third kappa shape index (κ3) is 18.1. The van der Waals surface area contributed by atoms with Crippen LogP contribution in [-0.4, -0.2) is 63.8 Å². The Morgan fingerprint density at radius 1 is 0.427 bits per heavy atom. The Balaban J connectivity index is 1.60. The van der Waals surface area contributed by atoms with E-state index in [1.54, 1.807) is 98.7 Å². The van der Waals surface area contributed by atoms with Crippen LogP contribution in [0.1, 0.15) is 162 Å². The molecule has 6 amide bonds.